The molecule has 0 radical (unpaired) electrons. The number of carbonyl (C=O) groups is 1. The molecule has 0 saturated carbocycles. The molecule has 0 aliphatic heterocycles. The molecule has 2 amide bonds. The molecule has 1 aromatic heterocycles. The van der Waals surface area contributed by atoms with Gasteiger partial charge in [0.1, 0.15) is 0 Å². The van der Waals surface area contributed by atoms with Crippen molar-refractivity contribution in [3.63, 3.8) is 0 Å². The van der Waals surface area contributed by atoms with Crippen LogP contribution in [0.15, 0.2) is 59.5 Å². The van der Waals surface area contributed by atoms with Crippen LogP contribution in [0.1, 0.15) is 11.1 Å². The predicted octanol–water partition coefficient (Wildman–Crippen LogP) is 3.21. The van der Waals surface area contributed by atoms with Crippen molar-refractivity contribution in [3.8, 4) is 0 Å². The number of fused-ring (bicyclic) bond motifs is 1. The summed E-state index contributed by atoms with van der Waals surface area (Å²) in [4.78, 5) is 24.3. The number of benzene rings is 2. The summed E-state index contributed by atoms with van der Waals surface area (Å²) in [6, 6.07) is 15.2. The molecule has 1 heterocycles. The van der Waals surface area contributed by atoms with Crippen molar-refractivity contribution in [1.29, 1.82) is 0 Å². The minimum atomic E-state index is -0.282. The second kappa shape index (κ2) is 7.21. The summed E-state index contributed by atoms with van der Waals surface area (Å²) in [5.74, 6) is 0. The second-order valence-electron chi connectivity index (χ2n) is 6.12. The van der Waals surface area contributed by atoms with Crippen LogP contribution >= 0.6 is 0 Å². The van der Waals surface area contributed by atoms with E-state index in [1.54, 1.807) is 19.3 Å². The van der Waals surface area contributed by atoms with Crippen LogP contribution in [0, 0.1) is 6.92 Å². The Balaban J connectivity index is 1.67. The maximum atomic E-state index is 12.2. The summed E-state index contributed by atoms with van der Waals surface area (Å²) in [6.45, 7) is 2.59. The molecule has 5 heteroatoms. The van der Waals surface area contributed by atoms with Gasteiger partial charge in [0.25, 0.3) is 5.56 Å². The van der Waals surface area contributed by atoms with Crippen molar-refractivity contribution in [2.45, 2.75) is 13.3 Å². The van der Waals surface area contributed by atoms with Crippen LogP contribution in [-0.4, -0.2) is 17.1 Å². The number of urea groups is 1. The number of anilines is 1. The molecule has 2 N–H and O–H groups in total. The van der Waals surface area contributed by atoms with Gasteiger partial charge in [-0.15, -0.1) is 0 Å². The Hall–Kier alpha value is -3.08. The van der Waals surface area contributed by atoms with Gasteiger partial charge in [0, 0.05) is 30.6 Å². The van der Waals surface area contributed by atoms with Crippen molar-refractivity contribution in [1.82, 2.24) is 9.88 Å². The van der Waals surface area contributed by atoms with Gasteiger partial charge in [0.2, 0.25) is 0 Å². The number of carbonyl (C=O) groups excluding carboxylic acids is 1. The van der Waals surface area contributed by atoms with Gasteiger partial charge in [-0.25, -0.2) is 4.79 Å². The quantitative estimate of drug-likeness (QED) is 0.769. The first-order chi connectivity index (χ1) is 12.0. The van der Waals surface area contributed by atoms with Gasteiger partial charge in [-0.2, -0.15) is 0 Å². The van der Waals surface area contributed by atoms with Gasteiger partial charge in [-0.1, -0.05) is 48.0 Å². The van der Waals surface area contributed by atoms with Crippen molar-refractivity contribution < 1.29 is 4.79 Å². The molecule has 0 saturated heterocycles. The number of nitrogens with zero attached hydrogens (tertiary/aromatic N) is 1. The minimum absolute atomic E-state index is 0.0825. The number of nitrogens with one attached hydrogen (secondary N) is 2. The number of aromatic nitrogens is 1. The standard InChI is InChI=1S/C20H21N3O2/c1-14-7-9-15(10-8-14)11-12-21-20(25)22-18-13-23(2)19(24)17-6-4-3-5-16(17)18/h3-10,13H,11-12H2,1-2H3,(H2,21,22,25). The zero-order valence-electron chi connectivity index (χ0n) is 14.4. The highest BCUT2D eigenvalue weighted by atomic mass is 16.2. The molecule has 2 aromatic carbocycles. The third kappa shape index (κ3) is 3.88. The van der Waals surface area contributed by atoms with Gasteiger partial charge < -0.3 is 15.2 Å². The number of amides is 2. The summed E-state index contributed by atoms with van der Waals surface area (Å²) >= 11 is 0. The van der Waals surface area contributed by atoms with E-state index >= 15 is 0 Å². The monoisotopic (exact) mass is 335 g/mol. The molecule has 0 bridgehead atoms. The van der Waals surface area contributed by atoms with E-state index in [4.69, 9.17) is 0 Å². The molecular weight excluding hydrogens is 314 g/mol. The van der Waals surface area contributed by atoms with E-state index in [0.717, 1.165) is 11.8 Å². The van der Waals surface area contributed by atoms with E-state index in [9.17, 15) is 9.59 Å². The number of pyridine rings is 1. The SMILES string of the molecule is Cc1ccc(CCNC(=O)Nc2cn(C)c(=O)c3ccccc23)cc1. The molecule has 0 atom stereocenters. The molecule has 25 heavy (non-hydrogen) atoms. The Morgan fingerprint density at radius 2 is 1.72 bits per heavy atom. The third-order valence-corrected chi connectivity index (χ3v) is 4.16. The maximum absolute atomic E-state index is 12.2. The molecule has 0 aliphatic carbocycles. The fraction of sp³-hybridized carbons (Fsp3) is 0.200. The van der Waals surface area contributed by atoms with Crippen LogP contribution in [0.25, 0.3) is 10.8 Å². The predicted molar refractivity (Wildman–Crippen MR) is 101 cm³/mol. The van der Waals surface area contributed by atoms with Crippen molar-refractivity contribution >= 4 is 22.5 Å². The summed E-state index contributed by atoms with van der Waals surface area (Å²) in [5.41, 5.74) is 2.93. The van der Waals surface area contributed by atoms with Crippen molar-refractivity contribution in [2.24, 2.45) is 7.05 Å². The molecule has 0 fully saturated rings. The molecule has 3 rings (SSSR count). The molecule has 5 nitrogen and oxygen atoms in total. The molecule has 0 spiro atoms. The van der Waals surface area contributed by atoms with Gasteiger partial charge >= 0.3 is 6.03 Å². The first kappa shape index (κ1) is 16.8. The first-order valence-electron chi connectivity index (χ1n) is 8.23. The second-order valence-corrected chi connectivity index (χ2v) is 6.12. The number of hydrogen-bond acceptors (Lipinski definition) is 2. The number of rotatable bonds is 4. The summed E-state index contributed by atoms with van der Waals surface area (Å²) in [7, 11) is 1.68. The fourth-order valence-electron chi connectivity index (χ4n) is 2.76. The molecule has 128 valence electrons. The lowest BCUT2D eigenvalue weighted by molar-refractivity contribution is 0.252. The van der Waals surface area contributed by atoms with Gasteiger partial charge in [0.05, 0.1) is 5.69 Å². The third-order valence-electron chi connectivity index (χ3n) is 4.16. The Kier molecular flexibility index (Phi) is 4.84. The molecular formula is C20H21N3O2. The van der Waals surface area contributed by atoms with Crippen LogP contribution in [0.3, 0.4) is 0 Å². The average Bonchev–Trinajstić information content (AvgIpc) is 2.61. The lowest BCUT2D eigenvalue weighted by Crippen LogP contribution is -2.31. The van der Waals surface area contributed by atoms with E-state index in [0.29, 0.717) is 17.6 Å². The largest absolute Gasteiger partial charge is 0.338 e. The Morgan fingerprint density at radius 3 is 2.44 bits per heavy atom. The van der Waals surface area contributed by atoms with E-state index in [1.807, 2.05) is 25.1 Å². The Morgan fingerprint density at radius 1 is 1.04 bits per heavy atom. The van der Waals surface area contributed by atoms with Crippen molar-refractivity contribution in [2.75, 3.05) is 11.9 Å². The van der Waals surface area contributed by atoms with E-state index in [1.165, 1.54) is 15.7 Å². The smallest absolute Gasteiger partial charge is 0.319 e. The van der Waals surface area contributed by atoms with Gasteiger partial charge in [-0.05, 0) is 25.0 Å². The molecule has 0 unspecified atom stereocenters. The van der Waals surface area contributed by atoms with Crippen LogP contribution in [0.5, 0.6) is 0 Å². The topological polar surface area (TPSA) is 63.1 Å². The van der Waals surface area contributed by atoms with Crippen LogP contribution in [-0.2, 0) is 13.5 Å². The maximum Gasteiger partial charge on any atom is 0.319 e. The lowest BCUT2D eigenvalue weighted by Gasteiger charge is -2.12. The number of hydrogen-bond donors (Lipinski definition) is 2. The normalized spacial score (nSPS) is 10.6. The highest BCUT2D eigenvalue weighted by Gasteiger charge is 2.09. The zero-order chi connectivity index (χ0) is 17.8. The Bertz CT molecular complexity index is 959. The van der Waals surface area contributed by atoms with Gasteiger partial charge in [0.15, 0.2) is 0 Å². The summed E-state index contributed by atoms with van der Waals surface area (Å²) < 4.78 is 1.48. The van der Waals surface area contributed by atoms with Crippen LogP contribution in [0.4, 0.5) is 10.5 Å². The van der Waals surface area contributed by atoms with Crippen LogP contribution < -0.4 is 16.2 Å². The minimum Gasteiger partial charge on any atom is -0.338 e. The van der Waals surface area contributed by atoms with E-state index in [2.05, 4.69) is 34.9 Å². The van der Waals surface area contributed by atoms with Gasteiger partial charge in [-0.3, -0.25) is 4.79 Å². The Labute approximate surface area is 146 Å². The number of aryl methyl sites for hydroxylation is 2. The average molecular weight is 335 g/mol. The zero-order valence-corrected chi connectivity index (χ0v) is 14.4. The first-order valence-corrected chi connectivity index (χ1v) is 8.23. The molecule has 3 aromatic rings. The fourth-order valence-corrected chi connectivity index (χ4v) is 2.76. The highest BCUT2D eigenvalue weighted by Crippen LogP contribution is 2.19. The summed E-state index contributed by atoms with van der Waals surface area (Å²) in [6.07, 6.45) is 2.41. The van der Waals surface area contributed by atoms with E-state index in [-0.39, 0.29) is 11.6 Å². The lowest BCUT2D eigenvalue weighted by atomic mass is 10.1. The molecule has 0 aliphatic rings. The highest BCUT2D eigenvalue weighted by molar-refractivity contribution is 6.00. The van der Waals surface area contributed by atoms with Crippen LogP contribution in [0.2, 0.25) is 0 Å². The van der Waals surface area contributed by atoms with Crippen molar-refractivity contribution in [3.05, 3.63) is 76.2 Å². The van der Waals surface area contributed by atoms with E-state index < -0.39 is 0 Å². The summed E-state index contributed by atoms with van der Waals surface area (Å²) in [5, 5.41) is 7.02.